The van der Waals surface area contributed by atoms with Crippen molar-refractivity contribution in [2.24, 2.45) is 0 Å². The molecule has 1 aromatic carbocycles. The second-order valence-electron chi connectivity index (χ2n) is 5.53. The predicted molar refractivity (Wildman–Crippen MR) is 81.2 cm³/mol. The molecule has 1 aromatic rings. The maximum atomic E-state index is 12.1. The van der Waals surface area contributed by atoms with E-state index in [4.69, 9.17) is 0 Å². The Labute approximate surface area is 124 Å². The normalized spacial score (nSPS) is 15.9. The van der Waals surface area contributed by atoms with Crippen LogP contribution in [0.1, 0.15) is 32.1 Å². The summed E-state index contributed by atoms with van der Waals surface area (Å²) < 4.78 is 0. The minimum absolute atomic E-state index is 0.0776. The molecule has 0 unspecified atom stereocenters. The lowest BCUT2D eigenvalue weighted by Gasteiger charge is -2.30. The van der Waals surface area contributed by atoms with Crippen molar-refractivity contribution in [1.29, 1.82) is 0 Å². The van der Waals surface area contributed by atoms with Gasteiger partial charge in [0.25, 0.3) is 5.69 Å². The molecular weight excluding hydrogens is 270 g/mol. The number of nitro benzene ring substituents is 1. The fourth-order valence-corrected chi connectivity index (χ4v) is 2.81. The van der Waals surface area contributed by atoms with Crippen LogP contribution in [0.2, 0.25) is 0 Å². The maximum absolute atomic E-state index is 12.1. The van der Waals surface area contributed by atoms with E-state index in [1.165, 1.54) is 25.3 Å². The quantitative estimate of drug-likeness (QED) is 0.668. The zero-order valence-corrected chi connectivity index (χ0v) is 12.2. The van der Waals surface area contributed by atoms with Crippen molar-refractivity contribution in [3.05, 3.63) is 34.4 Å². The van der Waals surface area contributed by atoms with Crippen molar-refractivity contribution >= 4 is 17.3 Å². The molecule has 0 saturated heterocycles. The zero-order valence-electron chi connectivity index (χ0n) is 12.2. The number of nitrogens with zero attached hydrogens (tertiary/aromatic N) is 2. The van der Waals surface area contributed by atoms with Gasteiger partial charge in [0, 0.05) is 12.1 Å². The van der Waals surface area contributed by atoms with Crippen molar-refractivity contribution in [3.8, 4) is 0 Å². The Morgan fingerprint density at radius 2 is 2.00 bits per heavy atom. The summed E-state index contributed by atoms with van der Waals surface area (Å²) in [5.74, 6) is -0.211. The first-order chi connectivity index (χ1) is 10.1. The smallest absolute Gasteiger partial charge is 0.292 e. The second-order valence-corrected chi connectivity index (χ2v) is 5.53. The highest BCUT2D eigenvalue weighted by Crippen LogP contribution is 2.24. The summed E-state index contributed by atoms with van der Waals surface area (Å²) in [7, 11) is 1.94. The number of rotatable bonds is 5. The average Bonchev–Trinajstić information content (AvgIpc) is 2.48. The molecule has 0 radical (unpaired) electrons. The van der Waals surface area contributed by atoms with Crippen LogP contribution in [0, 0.1) is 10.1 Å². The molecule has 1 aliphatic rings. The molecule has 6 heteroatoms. The van der Waals surface area contributed by atoms with Gasteiger partial charge in [-0.2, -0.15) is 0 Å². The van der Waals surface area contributed by atoms with Gasteiger partial charge in [-0.25, -0.2) is 0 Å². The highest BCUT2D eigenvalue weighted by molar-refractivity contribution is 5.94. The van der Waals surface area contributed by atoms with Crippen LogP contribution >= 0.6 is 0 Å². The first kappa shape index (κ1) is 15.4. The number of para-hydroxylation sites is 2. The van der Waals surface area contributed by atoms with E-state index in [-0.39, 0.29) is 23.8 Å². The van der Waals surface area contributed by atoms with E-state index in [2.05, 4.69) is 5.32 Å². The van der Waals surface area contributed by atoms with Crippen molar-refractivity contribution < 1.29 is 9.72 Å². The number of carbonyl (C=O) groups is 1. The van der Waals surface area contributed by atoms with E-state index in [0.29, 0.717) is 6.04 Å². The monoisotopic (exact) mass is 291 g/mol. The number of hydrogen-bond acceptors (Lipinski definition) is 4. The van der Waals surface area contributed by atoms with Crippen LogP contribution in [0.4, 0.5) is 11.4 Å². The van der Waals surface area contributed by atoms with E-state index >= 15 is 0 Å². The van der Waals surface area contributed by atoms with Crippen molar-refractivity contribution in [3.63, 3.8) is 0 Å². The lowest BCUT2D eigenvalue weighted by molar-refractivity contribution is -0.383. The van der Waals surface area contributed by atoms with Gasteiger partial charge >= 0.3 is 0 Å². The Kier molecular flexibility index (Phi) is 5.27. The summed E-state index contributed by atoms with van der Waals surface area (Å²) in [5.41, 5.74) is 0.177. The largest absolute Gasteiger partial charge is 0.319 e. The summed E-state index contributed by atoms with van der Waals surface area (Å²) in [6.45, 7) is 0.261. The Balaban J connectivity index is 1.94. The van der Waals surface area contributed by atoms with Gasteiger partial charge in [0.05, 0.1) is 11.5 Å². The van der Waals surface area contributed by atoms with E-state index in [1.54, 1.807) is 18.2 Å². The molecule has 2 rings (SSSR count). The number of carbonyl (C=O) groups excluding carboxylic acids is 1. The van der Waals surface area contributed by atoms with E-state index in [0.717, 1.165) is 12.8 Å². The fourth-order valence-electron chi connectivity index (χ4n) is 2.81. The molecule has 0 spiro atoms. The summed E-state index contributed by atoms with van der Waals surface area (Å²) in [4.78, 5) is 24.5. The van der Waals surface area contributed by atoms with Crippen LogP contribution < -0.4 is 5.32 Å². The Bertz CT molecular complexity index is 513. The van der Waals surface area contributed by atoms with Crippen LogP contribution in [-0.4, -0.2) is 35.4 Å². The molecule has 1 aliphatic carbocycles. The molecule has 21 heavy (non-hydrogen) atoms. The minimum atomic E-state index is -0.486. The van der Waals surface area contributed by atoms with Gasteiger partial charge in [-0.3, -0.25) is 19.8 Å². The van der Waals surface area contributed by atoms with Crippen LogP contribution in [-0.2, 0) is 4.79 Å². The summed E-state index contributed by atoms with van der Waals surface area (Å²) >= 11 is 0. The summed E-state index contributed by atoms with van der Waals surface area (Å²) in [6, 6.07) is 6.64. The second kappa shape index (κ2) is 7.17. The van der Waals surface area contributed by atoms with Crippen LogP contribution in [0.3, 0.4) is 0 Å². The Morgan fingerprint density at radius 1 is 1.33 bits per heavy atom. The third-order valence-corrected chi connectivity index (χ3v) is 3.97. The van der Waals surface area contributed by atoms with Crippen LogP contribution in [0.5, 0.6) is 0 Å². The van der Waals surface area contributed by atoms with Gasteiger partial charge in [-0.1, -0.05) is 31.4 Å². The van der Waals surface area contributed by atoms with Crippen LogP contribution in [0.25, 0.3) is 0 Å². The van der Waals surface area contributed by atoms with E-state index in [9.17, 15) is 14.9 Å². The lowest BCUT2D eigenvalue weighted by Crippen LogP contribution is -2.39. The van der Waals surface area contributed by atoms with Gasteiger partial charge in [-0.15, -0.1) is 0 Å². The molecule has 1 amide bonds. The first-order valence-corrected chi connectivity index (χ1v) is 7.31. The molecule has 1 saturated carbocycles. The standard InChI is InChI=1S/C15H21N3O3/c1-17(12-7-3-2-4-8-12)11-15(19)16-13-9-5-6-10-14(13)18(20)21/h5-6,9-10,12H,2-4,7-8,11H2,1H3,(H,16,19). The first-order valence-electron chi connectivity index (χ1n) is 7.31. The predicted octanol–water partition coefficient (Wildman–Crippen LogP) is 2.80. The maximum Gasteiger partial charge on any atom is 0.292 e. The molecule has 0 aliphatic heterocycles. The van der Waals surface area contributed by atoms with Crippen molar-refractivity contribution in [1.82, 2.24) is 4.90 Å². The molecule has 0 atom stereocenters. The number of likely N-dealkylation sites (N-methyl/N-ethyl adjacent to an activating group) is 1. The number of nitrogens with one attached hydrogen (secondary N) is 1. The summed E-state index contributed by atoms with van der Waals surface area (Å²) in [5, 5.41) is 13.6. The molecular formula is C15H21N3O3. The van der Waals surface area contributed by atoms with Crippen molar-refractivity contribution in [2.45, 2.75) is 38.1 Å². The minimum Gasteiger partial charge on any atom is -0.319 e. The molecule has 6 nitrogen and oxygen atoms in total. The number of nitro groups is 1. The number of amides is 1. The van der Waals surface area contributed by atoms with Gasteiger partial charge in [0.2, 0.25) is 5.91 Å². The lowest BCUT2D eigenvalue weighted by atomic mass is 9.94. The van der Waals surface area contributed by atoms with Gasteiger partial charge in [0.15, 0.2) is 0 Å². The van der Waals surface area contributed by atoms with E-state index < -0.39 is 4.92 Å². The molecule has 0 heterocycles. The van der Waals surface area contributed by atoms with Gasteiger partial charge in [-0.05, 0) is 26.0 Å². The number of anilines is 1. The Hall–Kier alpha value is -1.95. The molecule has 1 N–H and O–H groups in total. The van der Waals surface area contributed by atoms with Crippen molar-refractivity contribution in [2.75, 3.05) is 18.9 Å². The zero-order chi connectivity index (χ0) is 15.2. The Morgan fingerprint density at radius 3 is 2.67 bits per heavy atom. The summed E-state index contributed by atoms with van der Waals surface area (Å²) in [6.07, 6.45) is 5.93. The van der Waals surface area contributed by atoms with Crippen LogP contribution in [0.15, 0.2) is 24.3 Å². The third kappa shape index (κ3) is 4.26. The highest BCUT2D eigenvalue weighted by Gasteiger charge is 2.21. The van der Waals surface area contributed by atoms with E-state index in [1.807, 2.05) is 11.9 Å². The number of benzene rings is 1. The fraction of sp³-hybridized carbons (Fsp3) is 0.533. The highest BCUT2D eigenvalue weighted by atomic mass is 16.6. The third-order valence-electron chi connectivity index (χ3n) is 3.97. The van der Waals surface area contributed by atoms with Gasteiger partial charge in [0.1, 0.15) is 5.69 Å². The average molecular weight is 291 g/mol. The molecule has 114 valence electrons. The molecule has 0 bridgehead atoms. The molecule has 0 aromatic heterocycles. The topological polar surface area (TPSA) is 75.5 Å². The van der Waals surface area contributed by atoms with Gasteiger partial charge < -0.3 is 5.32 Å². The molecule has 1 fully saturated rings. The number of hydrogen-bond donors (Lipinski definition) is 1. The SMILES string of the molecule is CN(CC(=O)Nc1ccccc1[N+](=O)[O-])C1CCCCC1.